The lowest BCUT2D eigenvalue weighted by molar-refractivity contribution is -0.276. The van der Waals surface area contributed by atoms with Crippen molar-refractivity contribution in [2.24, 2.45) is 5.92 Å². The molecule has 0 aliphatic carbocycles. The maximum absolute atomic E-state index is 13.3. The van der Waals surface area contributed by atoms with Gasteiger partial charge in [0.25, 0.3) is 5.91 Å². The first kappa shape index (κ1) is 36.9. The van der Waals surface area contributed by atoms with Crippen LogP contribution in [0.4, 0.5) is 10.5 Å². The zero-order chi connectivity index (χ0) is 36.8. The quantitative estimate of drug-likeness (QED) is 0.161. The molecule has 11 heteroatoms. The minimum atomic E-state index is -1.04. The average Bonchev–Trinajstić information content (AvgIpc) is 3.46. The summed E-state index contributed by atoms with van der Waals surface area (Å²) in [6, 6.07) is 32.0. The highest BCUT2D eigenvalue weighted by Gasteiger charge is 2.42. The molecule has 11 nitrogen and oxygen atoms in total. The monoisotopic (exact) mass is 707 g/mol. The van der Waals surface area contributed by atoms with E-state index in [0.717, 1.165) is 27.2 Å². The van der Waals surface area contributed by atoms with E-state index in [1.54, 1.807) is 24.3 Å². The fraction of sp³-hybridized carbons (Fsp3) is 0.341. The number of likely N-dealkylation sites (N-methyl/N-ethyl adjacent to an activating group) is 1. The molecule has 4 aromatic carbocycles. The normalized spacial score (nSPS) is 23.0. The summed E-state index contributed by atoms with van der Waals surface area (Å²) in [5.74, 6) is -1.07. The van der Waals surface area contributed by atoms with Gasteiger partial charge < -0.3 is 29.7 Å². The first-order valence-corrected chi connectivity index (χ1v) is 17.5. The van der Waals surface area contributed by atoms with Gasteiger partial charge in [0.05, 0.1) is 37.0 Å². The van der Waals surface area contributed by atoms with Gasteiger partial charge in [0.2, 0.25) is 5.91 Å². The van der Waals surface area contributed by atoms with Crippen LogP contribution in [-0.2, 0) is 37.0 Å². The van der Waals surface area contributed by atoms with Gasteiger partial charge >= 0.3 is 6.09 Å². The molecule has 3 N–H and O–H groups in total. The van der Waals surface area contributed by atoms with Gasteiger partial charge in [0, 0.05) is 24.1 Å². The number of aliphatic hydroxyl groups is 2. The molecular weight excluding hydrogens is 662 g/mol. The summed E-state index contributed by atoms with van der Waals surface area (Å²) in [6.07, 6.45) is -3.09. The van der Waals surface area contributed by atoms with Crippen LogP contribution in [0.15, 0.2) is 109 Å². The van der Waals surface area contributed by atoms with Crippen LogP contribution in [0, 0.1) is 5.92 Å². The predicted molar refractivity (Wildman–Crippen MR) is 194 cm³/mol. The number of alkyl carbamates (subject to hydrolysis) is 1. The van der Waals surface area contributed by atoms with E-state index in [-0.39, 0.29) is 43.8 Å². The molecule has 7 atom stereocenters. The van der Waals surface area contributed by atoms with Crippen molar-refractivity contribution in [1.82, 2.24) is 10.2 Å². The molecule has 4 aromatic rings. The van der Waals surface area contributed by atoms with Crippen molar-refractivity contribution >= 4 is 23.6 Å². The lowest BCUT2D eigenvalue weighted by Crippen LogP contribution is -2.46. The number of hydrogen-bond donors (Lipinski definition) is 3. The van der Waals surface area contributed by atoms with E-state index in [1.165, 1.54) is 0 Å². The molecule has 2 heterocycles. The van der Waals surface area contributed by atoms with Gasteiger partial charge in [0.15, 0.2) is 6.29 Å². The molecule has 2 aliphatic rings. The molecule has 6 rings (SSSR count). The second-order valence-corrected chi connectivity index (χ2v) is 13.5. The largest absolute Gasteiger partial charge is 0.445 e. The van der Waals surface area contributed by atoms with E-state index in [4.69, 9.17) is 14.2 Å². The third-order valence-corrected chi connectivity index (χ3v) is 9.96. The molecule has 0 aromatic heterocycles. The minimum absolute atomic E-state index is 0.0391. The number of amides is 3. The first-order chi connectivity index (χ1) is 25.1. The second kappa shape index (κ2) is 16.6. The van der Waals surface area contributed by atoms with Crippen LogP contribution in [0.5, 0.6) is 0 Å². The van der Waals surface area contributed by atoms with Gasteiger partial charge in [-0.25, -0.2) is 9.69 Å². The maximum Gasteiger partial charge on any atom is 0.408 e. The number of nitrogens with one attached hydrogen (secondary N) is 1. The van der Waals surface area contributed by atoms with Crippen molar-refractivity contribution in [3.05, 3.63) is 137 Å². The summed E-state index contributed by atoms with van der Waals surface area (Å²) in [5, 5.41) is 23.3. The molecule has 1 unspecified atom stereocenters. The van der Waals surface area contributed by atoms with Crippen LogP contribution in [-0.4, -0.2) is 64.8 Å². The lowest BCUT2D eigenvalue weighted by Gasteiger charge is -2.43. The fourth-order valence-corrected chi connectivity index (χ4v) is 6.65. The highest BCUT2D eigenvalue weighted by molar-refractivity contribution is 6.22. The van der Waals surface area contributed by atoms with Gasteiger partial charge in [-0.1, -0.05) is 104 Å². The van der Waals surface area contributed by atoms with Crippen LogP contribution < -0.4 is 10.2 Å². The van der Waals surface area contributed by atoms with E-state index in [1.807, 2.05) is 98.9 Å². The van der Waals surface area contributed by atoms with Gasteiger partial charge in [0.1, 0.15) is 12.6 Å². The van der Waals surface area contributed by atoms with Gasteiger partial charge in [-0.2, -0.15) is 0 Å². The van der Waals surface area contributed by atoms with Crippen LogP contribution >= 0.6 is 0 Å². The van der Waals surface area contributed by atoms with Crippen molar-refractivity contribution < 1.29 is 38.8 Å². The van der Waals surface area contributed by atoms with E-state index in [0.29, 0.717) is 17.8 Å². The number of carbonyl (C=O) groups is 3. The van der Waals surface area contributed by atoms with E-state index >= 15 is 0 Å². The molecule has 2 saturated heterocycles. The second-order valence-electron chi connectivity index (χ2n) is 13.5. The standard InChI is InChI=1S/C41H45N3O8/c1-26-35(23-43(3)27(2)37(47)30-12-8-5-9-13-30)51-40(52-38(26)31-16-14-28(24-45)15-17-31)32-18-20-33(21-19-32)44-36(46)22-34(39(44)48)42-41(49)50-25-29-10-6-4-7-11-29/h4-21,26-27,34-35,37-38,40,45,47H,22-25H2,1-3H3,(H,42,49)/t26-,27+,34?,35+,37+,38+,40+/m1/s1. The Labute approximate surface area is 303 Å². The number of rotatable bonds is 12. The molecule has 0 saturated carbocycles. The van der Waals surface area contributed by atoms with Crippen molar-refractivity contribution in [1.29, 1.82) is 0 Å². The maximum atomic E-state index is 13.3. The summed E-state index contributed by atoms with van der Waals surface area (Å²) >= 11 is 0. The zero-order valence-electron chi connectivity index (χ0n) is 29.5. The average molecular weight is 708 g/mol. The predicted octanol–water partition coefficient (Wildman–Crippen LogP) is 5.58. The summed E-state index contributed by atoms with van der Waals surface area (Å²) in [7, 11) is 1.96. The SMILES string of the molecule is C[C@@H]1[C@H](CN(C)[C@@H](C)[C@H](O)c2ccccc2)O[C@H](c2ccc(N3C(=O)CC(NC(=O)OCc4ccccc4)C3=O)cc2)O[C@@H]1c1ccc(CO)cc1. The molecule has 2 fully saturated rings. The summed E-state index contributed by atoms with van der Waals surface area (Å²) in [5.41, 5.74) is 4.42. The zero-order valence-corrected chi connectivity index (χ0v) is 29.5. The summed E-state index contributed by atoms with van der Waals surface area (Å²) in [6.45, 7) is 4.54. The molecule has 2 aliphatic heterocycles. The van der Waals surface area contributed by atoms with Crippen molar-refractivity contribution in [2.45, 2.75) is 70.2 Å². The van der Waals surface area contributed by atoms with Gasteiger partial charge in [-0.05, 0) is 48.4 Å². The Kier molecular flexibility index (Phi) is 11.8. The smallest absolute Gasteiger partial charge is 0.408 e. The summed E-state index contributed by atoms with van der Waals surface area (Å²) in [4.78, 5) is 41.9. The number of benzene rings is 4. The summed E-state index contributed by atoms with van der Waals surface area (Å²) < 4.78 is 18.5. The number of hydrogen-bond acceptors (Lipinski definition) is 9. The highest BCUT2D eigenvalue weighted by atomic mass is 16.7. The minimum Gasteiger partial charge on any atom is -0.445 e. The number of nitrogens with zero attached hydrogens (tertiary/aromatic N) is 2. The Hall–Kier alpha value is -4.91. The third-order valence-electron chi connectivity index (χ3n) is 9.96. The Morgan fingerprint density at radius 3 is 2.19 bits per heavy atom. The molecule has 0 bridgehead atoms. The number of anilines is 1. The number of ether oxygens (including phenoxy) is 3. The first-order valence-electron chi connectivity index (χ1n) is 17.5. The Balaban J connectivity index is 1.16. The molecule has 3 amide bonds. The Morgan fingerprint density at radius 2 is 1.54 bits per heavy atom. The van der Waals surface area contributed by atoms with Crippen molar-refractivity contribution in [2.75, 3.05) is 18.5 Å². The lowest BCUT2D eigenvalue weighted by atomic mass is 9.89. The van der Waals surface area contributed by atoms with Crippen LogP contribution in [0.1, 0.15) is 66.6 Å². The van der Waals surface area contributed by atoms with Gasteiger partial charge in [-0.15, -0.1) is 0 Å². The van der Waals surface area contributed by atoms with Crippen LogP contribution in [0.25, 0.3) is 0 Å². The van der Waals surface area contributed by atoms with E-state index < -0.39 is 36.3 Å². The number of aliphatic hydroxyl groups excluding tert-OH is 2. The van der Waals surface area contributed by atoms with Crippen LogP contribution in [0.3, 0.4) is 0 Å². The Morgan fingerprint density at radius 1 is 0.904 bits per heavy atom. The van der Waals surface area contributed by atoms with Crippen molar-refractivity contribution in [3.63, 3.8) is 0 Å². The fourth-order valence-electron chi connectivity index (χ4n) is 6.65. The molecule has 272 valence electrons. The Bertz CT molecular complexity index is 1810. The molecule has 0 radical (unpaired) electrons. The van der Waals surface area contributed by atoms with Crippen LogP contribution in [0.2, 0.25) is 0 Å². The van der Waals surface area contributed by atoms with E-state index in [9.17, 15) is 24.6 Å². The topological polar surface area (TPSA) is 138 Å². The third kappa shape index (κ3) is 8.41. The molecule has 52 heavy (non-hydrogen) atoms. The molecular formula is C41H45N3O8. The van der Waals surface area contributed by atoms with Crippen molar-refractivity contribution in [3.8, 4) is 0 Å². The number of imide groups is 1. The highest BCUT2D eigenvalue weighted by Crippen LogP contribution is 2.42. The van der Waals surface area contributed by atoms with E-state index in [2.05, 4.69) is 17.1 Å². The number of carbonyl (C=O) groups excluding carboxylic acids is 3. The molecule has 0 spiro atoms. The van der Waals surface area contributed by atoms with Gasteiger partial charge in [-0.3, -0.25) is 14.5 Å².